The molecule has 4 rings (SSSR count). The molecule has 3 heterocycles. The summed E-state index contributed by atoms with van der Waals surface area (Å²) < 4.78 is 1.78. The molecule has 0 spiro atoms. The molecule has 0 saturated heterocycles. The number of fused-ring (bicyclic) bond motifs is 1. The Balaban J connectivity index is 1.48. The highest BCUT2D eigenvalue weighted by atomic mass is 32.2. The third-order valence-corrected chi connectivity index (χ3v) is 6.74. The summed E-state index contributed by atoms with van der Waals surface area (Å²) in [6.07, 6.45) is 0.806. The summed E-state index contributed by atoms with van der Waals surface area (Å²) in [4.78, 5) is 22.4. The van der Waals surface area contributed by atoms with Crippen molar-refractivity contribution < 1.29 is 4.79 Å². The monoisotopic (exact) mass is 437 g/mol. The van der Waals surface area contributed by atoms with E-state index >= 15 is 0 Å². The Kier molecular flexibility index (Phi) is 6.15. The Morgan fingerprint density at radius 3 is 2.73 bits per heavy atom. The van der Waals surface area contributed by atoms with Gasteiger partial charge in [0.25, 0.3) is 5.78 Å². The molecule has 0 atom stereocenters. The van der Waals surface area contributed by atoms with Gasteiger partial charge in [-0.2, -0.15) is 4.98 Å². The van der Waals surface area contributed by atoms with E-state index in [4.69, 9.17) is 0 Å². The molecule has 0 aliphatic rings. The van der Waals surface area contributed by atoms with Crippen LogP contribution in [0.1, 0.15) is 33.0 Å². The molecule has 4 aromatic rings. The first kappa shape index (κ1) is 20.6. The highest BCUT2D eigenvalue weighted by Gasteiger charge is 2.15. The number of carbonyl (C=O) groups is 1. The van der Waals surface area contributed by atoms with Gasteiger partial charge in [0, 0.05) is 22.7 Å². The number of carbonyl (C=O) groups excluding carboxylic acids is 1. The van der Waals surface area contributed by atoms with E-state index in [2.05, 4.69) is 51.6 Å². The maximum absolute atomic E-state index is 12.1. The van der Waals surface area contributed by atoms with Crippen molar-refractivity contribution >= 4 is 34.8 Å². The molecule has 0 unspecified atom stereocenters. The van der Waals surface area contributed by atoms with E-state index in [0.29, 0.717) is 17.5 Å². The topological polar surface area (TPSA) is 72.2 Å². The third kappa shape index (κ3) is 4.55. The first-order valence-electron chi connectivity index (χ1n) is 9.70. The highest BCUT2D eigenvalue weighted by Crippen LogP contribution is 2.22. The second kappa shape index (κ2) is 8.97. The van der Waals surface area contributed by atoms with Crippen LogP contribution in [-0.4, -0.2) is 31.2 Å². The number of thiophene rings is 1. The van der Waals surface area contributed by atoms with E-state index in [1.807, 2.05) is 31.4 Å². The molecule has 30 heavy (non-hydrogen) atoms. The number of rotatable bonds is 7. The normalized spacial score (nSPS) is 11.2. The van der Waals surface area contributed by atoms with Gasteiger partial charge in [-0.05, 0) is 48.9 Å². The minimum Gasteiger partial charge on any atom is -0.350 e. The van der Waals surface area contributed by atoms with Crippen LogP contribution in [0.25, 0.3) is 5.78 Å². The van der Waals surface area contributed by atoms with Gasteiger partial charge in [0.15, 0.2) is 0 Å². The first-order chi connectivity index (χ1) is 14.5. The van der Waals surface area contributed by atoms with Gasteiger partial charge in [-0.25, -0.2) is 9.50 Å². The minimum atomic E-state index is -0.0339. The van der Waals surface area contributed by atoms with Crippen molar-refractivity contribution in [2.45, 2.75) is 38.9 Å². The van der Waals surface area contributed by atoms with Crippen LogP contribution in [0.5, 0.6) is 0 Å². The highest BCUT2D eigenvalue weighted by molar-refractivity contribution is 7.99. The lowest BCUT2D eigenvalue weighted by atomic mass is 9.99. The largest absolute Gasteiger partial charge is 0.350 e. The molecule has 0 saturated carbocycles. The maximum Gasteiger partial charge on any atom is 0.253 e. The lowest BCUT2D eigenvalue weighted by Gasteiger charge is -2.11. The Morgan fingerprint density at radius 2 is 1.97 bits per heavy atom. The summed E-state index contributed by atoms with van der Waals surface area (Å²) in [6, 6.07) is 12.4. The van der Waals surface area contributed by atoms with Crippen LogP contribution < -0.4 is 5.32 Å². The molecule has 1 amide bonds. The maximum atomic E-state index is 12.1. The zero-order chi connectivity index (χ0) is 21.1. The molecular weight excluding hydrogens is 414 g/mol. The number of aryl methyl sites for hydroxylation is 3. The number of nitrogens with zero attached hydrogens (tertiary/aromatic N) is 4. The van der Waals surface area contributed by atoms with E-state index < -0.39 is 0 Å². The Morgan fingerprint density at radius 1 is 1.13 bits per heavy atom. The predicted octanol–water partition coefficient (Wildman–Crippen LogP) is 4.11. The second-order valence-electron chi connectivity index (χ2n) is 7.12. The molecule has 0 aliphatic carbocycles. The molecule has 1 N–H and O–H groups in total. The van der Waals surface area contributed by atoms with Crippen LogP contribution in [0, 0.1) is 20.8 Å². The van der Waals surface area contributed by atoms with E-state index in [1.165, 1.54) is 22.9 Å². The van der Waals surface area contributed by atoms with E-state index in [9.17, 15) is 4.79 Å². The average molecular weight is 438 g/mol. The van der Waals surface area contributed by atoms with Gasteiger partial charge in [-0.15, -0.1) is 16.4 Å². The van der Waals surface area contributed by atoms with Crippen LogP contribution in [-0.2, 0) is 17.8 Å². The first-order valence-corrected chi connectivity index (χ1v) is 11.6. The van der Waals surface area contributed by atoms with Gasteiger partial charge >= 0.3 is 0 Å². The third-order valence-electron chi connectivity index (χ3n) is 5.03. The van der Waals surface area contributed by atoms with E-state index in [0.717, 1.165) is 28.2 Å². The van der Waals surface area contributed by atoms with Crippen LogP contribution in [0.3, 0.4) is 0 Å². The molecule has 0 bridgehead atoms. The number of thioether (sulfide) groups is 1. The molecule has 0 fully saturated rings. The van der Waals surface area contributed by atoms with Gasteiger partial charge in [0.2, 0.25) is 11.1 Å². The van der Waals surface area contributed by atoms with Crippen LogP contribution in [0.4, 0.5) is 0 Å². The van der Waals surface area contributed by atoms with Crippen molar-refractivity contribution in [2.75, 3.05) is 5.75 Å². The van der Waals surface area contributed by atoms with Crippen molar-refractivity contribution in [3.63, 3.8) is 0 Å². The van der Waals surface area contributed by atoms with Gasteiger partial charge in [-0.3, -0.25) is 4.79 Å². The molecule has 0 aliphatic heterocycles. The fraction of sp³-hybridized carbons (Fsp3) is 0.273. The standard InChI is InChI=1S/C22H23N5OS2/c1-14-7-4-5-8-17(14)11-19-15(2)24-21-25-22(26-27(21)16(19)3)30-13-20(28)23-12-18-9-6-10-29-18/h4-10H,11-13H2,1-3H3,(H,23,28). The molecule has 0 radical (unpaired) electrons. The van der Waals surface area contributed by atoms with Crippen molar-refractivity contribution in [2.24, 2.45) is 0 Å². The summed E-state index contributed by atoms with van der Waals surface area (Å²) >= 11 is 2.96. The summed E-state index contributed by atoms with van der Waals surface area (Å²) in [5.41, 5.74) is 5.69. The van der Waals surface area contributed by atoms with Crippen molar-refractivity contribution in [1.82, 2.24) is 24.9 Å². The SMILES string of the molecule is Cc1ccccc1Cc1c(C)nc2nc(SCC(=O)NCc3cccs3)nn2c1C. The number of hydrogen-bond acceptors (Lipinski definition) is 6. The summed E-state index contributed by atoms with van der Waals surface area (Å²) in [5, 5.41) is 10.1. The lowest BCUT2D eigenvalue weighted by molar-refractivity contribution is -0.118. The second-order valence-corrected chi connectivity index (χ2v) is 9.09. The quantitative estimate of drug-likeness (QED) is 0.441. The summed E-state index contributed by atoms with van der Waals surface area (Å²) in [6.45, 7) is 6.74. The van der Waals surface area contributed by atoms with Gasteiger partial charge < -0.3 is 5.32 Å². The Labute approximate surface area is 183 Å². The Hall–Kier alpha value is -2.71. The van der Waals surface area contributed by atoms with Gasteiger partial charge in [-0.1, -0.05) is 42.1 Å². The van der Waals surface area contributed by atoms with Crippen LogP contribution >= 0.6 is 23.1 Å². The average Bonchev–Trinajstić information content (AvgIpc) is 3.39. The molecule has 3 aromatic heterocycles. The van der Waals surface area contributed by atoms with Gasteiger partial charge in [0.1, 0.15) is 0 Å². The molecular formula is C22H23N5OS2. The van der Waals surface area contributed by atoms with Crippen molar-refractivity contribution in [3.8, 4) is 0 Å². The fourth-order valence-electron chi connectivity index (χ4n) is 3.29. The number of benzene rings is 1. The number of amides is 1. The van der Waals surface area contributed by atoms with Crippen LogP contribution in [0.2, 0.25) is 0 Å². The zero-order valence-corrected chi connectivity index (χ0v) is 18.8. The van der Waals surface area contributed by atoms with Gasteiger partial charge in [0.05, 0.1) is 12.3 Å². The summed E-state index contributed by atoms with van der Waals surface area (Å²) in [7, 11) is 0. The van der Waals surface area contributed by atoms with E-state index in [1.54, 1.807) is 15.9 Å². The number of aromatic nitrogens is 4. The predicted molar refractivity (Wildman–Crippen MR) is 121 cm³/mol. The van der Waals surface area contributed by atoms with Crippen molar-refractivity contribution in [1.29, 1.82) is 0 Å². The smallest absolute Gasteiger partial charge is 0.253 e. The number of nitrogens with one attached hydrogen (secondary N) is 1. The minimum absolute atomic E-state index is 0.0339. The Bertz CT molecular complexity index is 1180. The summed E-state index contributed by atoms with van der Waals surface area (Å²) in [5.74, 6) is 0.810. The van der Waals surface area contributed by atoms with Crippen molar-refractivity contribution in [3.05, 3.63) is 74.7 Å². The molecule has 8 heteroatoms. The zero-order valence-electron chi connectivity index (χ0n) is 17.2. The number of hydrogen-bond donors (Lipinski definition) is 1. The fourth-order valence-corrected chi connectivity index (χ4v) is 4.58. The van der Waals surface area contributed by atoms with E-state index in [-0.39, 0.29) is 11.7 Å². The molecule has 1 aromatic carbocycles. The molecule has 6 nitrogen and oxygen atoms in total. The molecule has 154 valence electrons. The lowest BCUT2D eigenvalue weighted by Crippen LogP contribution is -2.24. The van der Waals surface area contributed by atoms with Crippen LogP contribution in [0.15, 0.2) is 46.9 Å².